The number of rotatable bonds is 1. The van der Waals surface area contributed by atoms with Gasteiger partial charge in [0.2, 0.25) is 0 Å². The minimum absolute atomic E-state index is 0. The molecule has 6 aromatic carbocycles. The Morgan fingerprint density at radius 2 is 0.605 bits per heavy atom. The van der Waals surface area contributed by atoms with Crippen molar-refractivity contribution in [3.8, 4) is 11.1 Å². The fourth-order valence-electron chi connectivity index (χ4n) is 4.05. The molecule has 0 heteroatoms. The maximum atomic E-state index is 2.28. The summed E-state index contributed by atoms with van der Waals surface area (Å²) in [5.74, 6) is 0. The van der Waals surface area contributed by atoms with Crippen molar-refractivity contribution >= 4 is 32.3 Å². The van der Waals surface area contributed by atoms with Crippen LogP contribution < -0.4 is 0 Å². The average molecular weight is 503 g/mol. The highest BCUT2D eigenvalue weighted by Gasteiger charge is 2.02. The normalized spacial score (nSPS) is 9.24. The Morgan fingerprint density at radius 3 is 1.05 bits per heavy atom. The van der Waals surface area contributed by atoms with Gasteiger partial charge in [-0.05, 0) is 62.5 Å². The highest BCUT2D eigenvalue weighted by Crippen LogP contribution is 2.27. The van der Waals surface area contributed by atoms with Gasteiger partial charge in [0.1, 0.15) is 0 Å². The summed E-state index contributed by atoms with van der Waals surface area (Å²) in [7, 11) is 0. The van der Waals surface area contributed by atoms with Gasteiger partial charge in [0.05, 0.1) is 0 Å². The van der Waals surface area contributed by atoms with Gasteiger partial charge in [0.15, 0.2) is 0 Å². The molecule has 0 N–H and O–H groups in total. The van der Waals surface area contributed by atoms with Crippen LogP contribution in [0.5, 0.6) is 0 Å². The van der Waals surface area contributed by atoms with Crippen LogP contribution in [0.2, 0.25) is 0 Å². The predicted octanol–water partition coefficient (Wildman–Crippen LogP) is 12.5. The molecule has 0 bridgehead atoms. The molecule has 0 aromatic heterocycles. The second-order valence-corrected chi connectivity index (χ2v) is 7.97. The van der Waals surface area contributed by atoms with Crippen LogP contribution in [-0.4, -0.2) is 0 Å². The van der Waals surface area contributed by atoms with E-state index >= 15 is 0 Å². The van der Waals surface area contributed by atoms with Crippen molar-refractivity contribution in [2.45, 2.75) is 55.9 Å². The first-order valence-electron chi connectivity index (χ1n) is 13.7. The van der Waals surface area contributed by atoms with Crippen LogP contribution in [0.15, 0.2) is 127 Å². The Labute approximate surface area is 232 Å². The first-order chi connectivity index (χ1) is 18.3. The second-order valence-electron chi connectivity index (χ2n) is 7.97. The quantitative estimate of drug-likeness (QED) is 0.210. The fraction of sp³-hybridized carbons (Fsp3) is 0.211. The zero-order chi connectivity index (χ0) is 27.0. The van der Waals surface area contributed by atoms with E-state index in [0.29, 0.717) is 0 Å². The lowest BCUT2D eigenvalue weighted by molar-refractivity contribution is 1.50. The van der Waals surface area contributed by atoms with E-state index in [1.165, 1.54) is 49.0 Å². The Hall–Kier alpha value is -3.90. The van der Waals surface area contributed by atoms with Gasteiger partial charge >= 0.3 is 0 Å². The van der Waals surface area contributed by atoms with E-state index in [9.17, 15) is 0 Å². The molecule has 0 atom stereocenters. The lowest BCUT2D eigenvalue weighted by atomic mass is 9.98. The van der Waals surface area contributed by atoms with Crippen molar-refractivity contribution in [1.29, 1.82) is 0 Å². The lowest BCUT2D eigenvalue weighted by Crippen LogP contribution is -1.81. The van der Waals surface area contributed by atoms with Gasteiger partial charge < -0.3 is 0 Å². The highest BCUT2D eigenvalue weighted by atomic mass is 14.1. The van der Waals surface area contributed by atoms with Gasteiger partial charge in [-0.2, -0.15) is 0 Å². The Bertz CT molecular complexity index is 1430. The summed E-state index contributed by atoms with van der Waals surface area (Å²) < 4.78 is 0. The summed E-state index contributed by atoms with van der Waals surface area (Å²) in [5.41, 5.74) is 3.86. The van der Waals surface area contributed by atoms with Gasteiger partial charge in [-0.1, -0.05) is 170 Å². The predicted molar refractivity (Wildman–Crippen MR) is 176 cm³/mol. The fourth-order valence-corrected chi connectivity index (χ4v) is 4.05. The van der Waals surface area contributed by atoms with Crippen molar-refractivity contribution in [1.82, 2.24) is 0 Å². The van der Waals surface area contributed by atoms with Crippen LogP contribution >= 0.6 is 0 Å². The third-order valence-electron chi connectivity index (χ3n) is 5.74. The number of aryl methyl sites for hydroxylation is 1. The van der Waals surface area contributed by atoms with E-state index in [1.807, 2.05) is 41.5 Å². The molecule has 6 aromatic rings. The van der Waals surface area contributed by atoms with E-state index in [4.69, 9.17) is 0 Å². The summed E-state index contributed by atoms with van der Waals surface area (Å²) in [4.78, 5) is 0. The lowest BCUT2D eigenvalue weighted by Gasteiger charge is -2.06. The largest absolute Gasteiger partial charge is 0.0776 e. The highest BCUT2D eigenvalue weighted by molar-refractivity contribution is 5.91. The minimum Gasteiger partial charge on any atom is -0.0776 e. The van der Waals surface area contributed by atoms with Gasteiger partial charge in [0.25, 0.3) is 0 Å². The molecule has 38 heavy (non-hydrogen) atoms. The molecule has 0 amide bonds. The maximum absolute atomic E-state index is 2.28. The van der Waals surface area contributed by atoms with Crippen molar-refractivity contribution in [3.05, 3.63) is 133 Å². The summed E-state index contributed by atoms with van der Waals surface area (Å²) in [6.45, 7) is 14.1. The molecule has 0 aliphatic heterocycles. The molecular weight excluding hydrogens is 456 g/mol. The first-order valence-corrected chi connectivity index (χ1v) is 13.7. The SMILES string of the molecule is C.CC.CC.CC.Cc1ccc2cc(-c3ccc4ccccc4c3)ccc2c1.c1ccc2ccccc2c1. The van der Waals surface area contributed by atoms with Gasteiger partial charge in [-0.25, -0.2) is 0 Å². The van der Waals surface area contributed by atoms with Crippen molar-refractivity contribution in [2.24, 2.45) is 0 Å². The molecule has 0 unspecified atom stereocenters. The third-order valence-corrected chi connectivity index (χ3v) is 5.74. The van der Waals surface area contributed by atoms with Crippen LogP contribution in [0.1, 0.15) is 54.5 Å². The second kappa shape index (κ2) is 17.5. The summed E-state index contributed by atoms with van der Waals surface area (Å²) in [6, 6.07) is 45.2. The number of hydrogen-bond acceptors (Lipinski definition) is 0. The van der Waals surface area contributed by atoms with Crippen molar-refractivity contribution in [3.63, 3.8) is 0 Å². The first kappa shape index (κ1) is 32.1. The van der Waals surface area contributed by atoms with Crippen LogP contribution in [0.25, 0.3) is 43.4 Å². The van der Waals surface area contributed by atoms with E-state index in [2.05, 4.69) is 134 Å². The zero-order valence-corrected chi connectivity index (χ0v) is 23.6. The molecule has 0 fully saturated rings. The smallest absolute Gasteiger partial charge is 0.0177 e. The Morgan fingerprint density at radius 1 is 0.316 bits per heavy atom. The summed E-state index contributed by atoms with van der Waals surface area (Å²) >= 11 is 0. The van der Waals surface area contributed by atoms with Gasteiger partial charge in [-0.3, -0.25) is 0 Å². The van der Waals surface area contributed by atoms with E-state index in [0.717, 1.165) is 0 Å². The molecule has 6 rings (SSSR count). The van der Waals surface area contributed by atoms with Gasteiger partial charge in [-0.15, -0.1) is 0 Å². The molecular formula is C38H46. The number of hydrogen-bond donors (Lipinski definition) is 0. The van der Waals surface area contributed by atoms with E-state index < -0.39 is 0 Å². The molecule has 198 valence electrons. The Kier molecular flexibility index (Phi) is 14.8. The maximum Gasteiger partial charge on any atom is -0.0177 e. The van der Waals surface area contributed by atoms with Crippen LogP contribution in [-0.2, 0) is 0 Å². The number of benzene rings is 6. The van der Waals surface area contributed by atoms with Crippen molar-refractivity contribution in [2.75, 3.05) is 0 Å². The van der Waals surface area contributed by atoms with Crippen LogP contribution in [0.4, 0.5) is 0 Å². The molecule has 0 heterocycles. The van der Waals surface area contributed by atoms with Crippen LogP contribution in [0.3, 0.4) is 0 Å². The summed E-state index contributed by atoms with van der Waals surface area (Å²) in [6.07, 6.45) is 0. The topological polar surface area (TPSA) is 0 Å². The molecule has 0 aliphatic rings. The standard InChI is InChI=1S/C21H16.C10H8.3C2H6.CH4/c1-15-6-7-19-14-21(11-10-18(19)12-15)20-9-8-16-4-2-3-5-17(16)13-20;1-2-6-10-8-4-3-7-9(10)5-1;3*1-2;/h2-14H,1H3;1-8H;3*1-2H3;1H4. The van der Waals surface area contributed by atoms with E-state index in [1.54, 1.807) is 0 Å². The van der Waals surface area contributed by atoms with Crippen LogP contribution in [0, 0.1) is 6.92 Å². The zero-order valence-electron chi connectivity index (χ0n) is 23.6. The summed E-state index contributed by atoms with van der Waals surface area (Å²) in [5, 5.41) is 7.80. The molecule has 0 aliphatic carbocycles. The molecule has 0 radical (unpaired) electrons. The molecule has 0 saturated carbocycles. The van der Waals surface area contributed by atoms with E-state index in [-0.39, 0.29) is 7.43 Å². The molecule has 0 nitrogen and oxygen atoms in total. The monoisotopic (exact) mass is 502 g/mol. The third kappa shape index (κ3) is 8.60. The average Bonchev–Trinajstić information content (AvgIpc) is 3.00. The minimum atomic E-state index is 0. The Balaban J connectivity index is 0.000000359. The number of fused-ring (bicyclic) bond motifs is 3. The molecule has 0 saturated heterocycles. The molecule has 0 spiro atoms. The van der Waals surface area contributed by atoms with Gasteiger partial charge in [0, 0.05) is 0 Å². The van der Waals surface area contributed by atoms with Crippen molar-refractivity contribution < 1.29 is 0 Å².